The summed E-state index contributed by atoms with van der Waals surface area (Å²) in [5.74, 6) is 1.49. The quantitative estimate of drug-likeness (QED) is 0.778. The Kier molecular flexibility index (Phi) is 2.86. The zero-order valence-corrected chi connectivity index (χ0v) is 9.93. The highest BCUT2D eigenvalue weighted by molar-refractivity contribution is 5.74. The average Bonchev–Trinajstić information content (AvgIpc) is 3.08. The lowest BCUT2D eigenvalue weighted by Crippen LogP contribution is -2.26. The molecule has 0 saturated heterocycles. The fraction of sp³-hybridized carbons (Fsp3) is 0.462. The Morgan fingerprint density at radius 3 is 2.88 bits per heavy atom. The molecular formula is C13H17NO2. The van der Waals surface area contributed by atoms with Gasteiger partial charge in [0.1, 0.15) is 5.75 Å². The van der Waals surface area contributed by atoms with Crippen molar-refractivity contribution in [3.8, 4) is 5.75 Å². The molecule has 2 rings (SSSR count). The number of benzene rings is 1. The van der Waals surface area contributed by atoms with Crippen LogP contribution in [0, 0.1) is 0 Å². The van der Waals surface area contributed by atoms with E-state index >= 15 is 0 Å². The van der Waals surface area contributed by atoms with Crippen LogP contribution in [0.25, 0.3) is 0 Å². The van der Waals surface area contributed by atoms with Gasteiger partial charge in [0, 0.05) is 25.9 Å². The maximum atomic E-state index is 11.2. The second-order valence-electron chi connectivity index (χ2n) is 4.32. The van der Waals surface area contributed by atoms with Crippen molar-refractivity contribution in [2.24, 2.45) is 0 Å². The van der Waals surface area contributed by atoms with E-state index in [0.29, 0.717) is 12.0 Å². The molecule has 1 aromatic rings. The van der Waals surface area contributed by atoms with Crippen LogP contribution in [0.5, 0.6) is 5.75 Å². The van der Waals surface area contributed by atoms with Gasteiger partial charge in [-0.15, -0.1) is 0 Å². The molecular weight excluding hydrogens is 202 g/mol. The normalized spacial score (nSPS) is 22.7. The van der Waals surface area contributed by atoms with Crippen LogP contribution in [0.2, 0.25) is 0 Å². The molecule has 86 valence electrons. The van der Waals surface area contributed by atoms with Gasteiger partial charge in [-0.3, -0.25) is 4.79 Å². The molecule has 0 spiro atoms. The number of amides is 1. The Morgan fingerprint density at radius 2 is 2.25 bits per heavy atom. The zero-order chi connectivity index (χ0) is 11.7. The molecule has 1 saturated carbocycles. The summed E-state index contributed by atoms with van der Waals surface area (Å²) in [6.45, 7) is 1.61. The number of carbonyl (C=O) groups is 1. The molecule has 1 aromatic carbocycles. The predicted molar refractivity (Wildman–Crippen MR) is 62.6 cm³/mol. The minimum atomic E-state index is 0.135. The van der Waals surface area contributed by atoms with Gasteiger partial charge >= 0.3 is 0 Å². The Labute approximate surface area is 96.0 Å². The van der Waals surface area contributed by atoms with E-state index in [1.165, 1.54) is 5.56 Å². The molecule has 0 N–H and O–H groups in total. The lowest BCUT2D eigenvalue weighted by atomic mass is 10.1. The number of ether oxygens (including phenoxy) is 1. The molecule has 0 bridgehead atoms. The molecule has 1 aliphatic carbocycles. The van der Waals surface area contributed by atoms with Crippen LogP contribution in [0.4, 0.5) is 0 Å². The van der Waals surface area contributed by atoms with Crippen LogP contribution in [0.15, 0.2) is 24.3 Å². The summed E-state index contributed by atoms with van der Waals surface area (Å²) in [6.07, 6.45) is 1.06. The van der Waals surface area contributed by atoms with Gasteiger partial charge in [-0.1, -0.05) is 12.1 Å². The first-order valence-electron chi connectivity index (χ1n) is 5.51. The number of hydrogen-bond donors (Lipinski definition) is 0. The van der Waals surface area contributed by atoms with E-state index in [1.54, 1.807) is 14.0 Å². The van der Waals surface area contributed by atoms with Crippen LogP contribution < -0.4 is 4.74 Å². The largest absolute Gasteiger partial charge is 0.497 e. The number of rotatable bonds is 3. The third-order valence-corrected chi connectivity index (χ3v) is 3.27. The molecule has 1 aliphatic rings. The fourth-order valence-electron chi connectivity index (χ4n) is 2.07. The summed E-state index contributed by atoms with van der Waals surface area (Å²) in [7, 11) is 3.54. The minimum absolute atomic E-state index is 0.135. The van der Waals surface area contributed by atoms with Gasteiger partial charge < -0.3 is 9.64 Å². The maximum absolute atomic E-state index is 11.2. The number of nitrogens with zero attached hydrogens (tertiary/aromatic N) is 1. The summed E-state index contributed by atoms with van der Waals surface area (Å²) in [4.78, 5) is 13.0. The number of carbonyl (C=O) groups excluding carboxylic acids is 1. The lowest BCUT2D eigenvalue weighted by molar-refractivity contribution is -0.128. The van der Waals surface area contributed by atoms with Gasteiger partial charge in [-0.2, -0.15) is 0 Å². The van der Waals surface area contributed by atoms with Gasteiger partial charge in [-0.25, -0.2) is 0 Å². The molecule has 2 unspecified atom stereocenters. The molecule has 0 aliphatic heterocycles. The van der Waals surface area contributed by atoms with E-state index in [-0.39, 0.29) is 5.91 Å². The van der Waals surface area contributed by atoms with Gasteiger partial charge in [-0.05, 0) is 24.1 Å². The van der Waals surface area contributed by atoms with Crippen molar-refractivity contribution < 1.29 is 9.53 Å². The highest BCUT2D eigenvalue weighted by Gasteiger charge is 2.42. The summed E-state index contributed by atoms with van der Waals surface area (Å²) >= 11 is 0. The van der Waals surface area contributed by atoms with Gasteiger partial charge in [0.25, 0.3) is 0 Å². The Hall–Kier alpha value is -1.51. The van der Waals surface area contributed by atoms with E-state index in [0.717, 1.165) is 12.2 Å². The number of hydrogen-bond acceptors (Lipinski definition) is 2. The summed E-state index contributed by atoms with van der Waals surface area (Å²) < 4.78 is 5.20. The van der Waals surface area contributed by atoms with Crippen LogP contribution in [-0.4, -0.2) is 31.0 Å². The topological polar surface area (TPSA) is 29.5 Å². The zero-order valence-electron chi connectivity index (χ0n) is 9.93. The van der Waals surface area contributed by atoms with Crippen LogP contribution >= 0.6 is 0 Å². The van der Waals surface area contributed by atoms with Crippen molar-refractivity contribution in [2.75, 3.05) is 14.2 Å². The van der Waals surface area contributed by atoms with Crippen LogP contribution in [-0.2, 0) is 4.79 Å². The first-order valence-corrected chi connectivity index (χ1v) is 5.51. The van der Waals surface area contributed by atoms with Crippen molar-refractivity contribution in [2.45, 2.75) is 25.3 Å². The third kappa shape index (κ3) is 2.03. The molecule has 3 heteroatoms. The lowest BCUT2D eigenvalue weighted by Gasteiger charge is -2.14. The Morgan fingerprint density at radius 1 is 1.50 bits per heavy atom. The number of likely N-dealkylation sites (N-methyl/N-ethyl adjacent to an activating group) is 1. The number of methoxy groups -OCH3 is 1. The predicted octanol–water partition coefficient (Wildman–Crippen LogP) is 2.03. The van der Waals surface area contributed by atoms with E-state index in [9.17, 15) is 4.79 Å². The van der Waals surface area contributed by atoms with Gasteiger partial charge in [0.05, 0.1) is 7.11 Å². The van der Waals surface area contributed by atoms with E-state index in [2.05, 4.69) is 12.1 Å². The highest BCUT2D eigenvalue weighted by Crippen LogP contribution is 2.44. The Bertz CT molecular complexity index is 403. The first kappa shape index (κ1) is 11.0. The monoisotopic (exact) mass is 219 g/mol. The molecule has 0 radical (unpaired) electrons. The van der Waals surface area contributed by atoms with Crippen LogP contribution in [0.3, 0.4) is 0 Å². The fourth-order valence-corrected chi connectivity index (χ4v) is 2.07. The SMILES string of the molecule is COc1cccc(C2CC2N(C)C(C)=O)c1. The first-order chi connectivity index (χ1) is 7.63. The molecule has 16 heavy (non-hydrogen) atoms. The minimum Gasteiger partial charge on any atom is -0.497 e. The second kappa shape index (κ2) is 4.16. The van der Waals surface area contributed by atoms with Gasteiger partial charge in [0.15, 0.2) is 0 Å². The third-order valence-electron chi connectivity index (χ3n) is 3.27. The van der Waals surface area contributed by atoms with Crippen molar-refractivity contribution in [1.29, 1.82) is 0 Å². The standard InChI is InChI=1S/C13H17NO2/c1-9(15)14(2)13-8-12(13)10-5-4-6-11(7-10)16-3/h4-7,12-13H,8H2,1-3H3. The van der Waals surface area contributed by atoms with Crippen molar-refractivity contribution in [3.63, 3.8) is 0 Å². The van der Waals surface area contributed by atoms with E-state index < -0.39 is 0 Å². The highest BCUT2D eigenvalue weighted by atomic mass is 16.5. The molecule has 1 amide bonds. The summed E-state index contributed by atoms with van der Waals surface area (Å²) in [5, 5.41) is 0. The average molecular weight is 219 g/mol. The van der Waals surface area contributed by atoms with Crippen molar-refractivity contribution in [1.82, 2.24) is 4.90 Å². The smallest absolute Gasteiger partial charge is 0.219 e. The summed E-state index contributed by atoms with van der Waals surface area (Å²) in [5.41, 5.74) is 1.26. The van der Waals surface area contributed by atoms with Crippen LogP contribution in [0.1, 0.15) is 24.8 Å². The molecule has 0 heterocycles. The second-order valence-corrected chi connectivity index (χ2v) is 4.32. The van der Waals surface area contributed by atoms with E-state index in [4.69, 9.17) is 4.74 Å². The maximum Gasteiger partial charge on any atom is 0.219 e. The van der Waals surface area contributed by atoms with Crippen molar-refractivity contribution >= 4 is 5.91 Å². The molecule has 0 aromatic heterocycles. The summed E-state index contributed by atoms with van der Waals surface area (Å²) in [6, 6.07) is 8.46. The molecule has 2 atom stereocenters. The van der Waals surface area contributed by atoms with Crippen molar-refractivity contribution in [3.05, 3.63) is 29.8 Å². The Balaban J connectivity index is 2.08. The van der Waals surface area contributed by atoms with Gasteiger partial charge in [0.2, 0.25) is 5.91 Å². The molecule has 3 nitrogen and oxygen atoms in total. The van der Waals surface area contributed by atoms with E-state index in [1.807, 2.05) is 24.1 Å². The molecule has 1 fully saturated rings.